The number of ketones is 1. The summed E-state index contributed by atoms with van der Waals surface area (Å²) in [4.78, 5) is 22.4. The van der Waals surface area contributed by atoms with E-state index in [1.807, 2.05) is 0 Å². The first-order chi connectivity index (χ1) is 11.1. The van der Waals surface area contributed by atoms with Gasteiger partial charge in [0.2, 0.25) is 5.91 Å². The fourth-order valence-electron chi connectivity index (χ4n) is 2.40. The summed E-state index contributed by atoms with van der Waals surface area (Å²) in [5.74, 6) is -0.510. The average Bonchev–Trinajstić information content (AvgIpc) is 2.51. The molecule has 0 rings (SSSR count). The Morgan fingerprint density at radius 2 is 1.35 bits per heavy atom. The van der Waals surface area contributed by atoms with E-state index in [0.29, 0.717) is 12.0 Å². The summed E-state index contributed by atoms with van der Waals surface area (Å²) in [7, 11) is 0. The molecule has 132 valence electrons. The zero-order chi connectivity index (χ0) is 17.3. The smallest absolute Gasteiger partial charge is 0.244 e. The number of hydrogen-bond acceptors (Lipinski definition) is 2. The lowest BCUT2D eigenvalue weighted by atomic mass is 10.1. The third-order valence-corrected chi connectivity index (χ3v) is 3.95. The van der Waals surface area contributed by atoms with Gasteiger partial charge >= 0.3 is 0 Å². The summed E-state index contributed by atoms with van der Waals surface area (Å²) in [5.41, 5.74) is 5.44. The quantitative estimate of drug-likeness (QED) is 0.254. The van der Waals surface area contributed by atoms with Crippen LogP contribution in [0.2, 0.25) is 0 Å². The van der Waals surface area contributed by atoms with Crippen molar-refractivity contribution in [3.63, 3.8) is 0 Å². The van der Waals surface area contributed by atoms with Crippen LogP contribution >= 0.6 is 0 Å². The molecule has 0 atom stereocenters. The molecular weight excluding hydrogens is 286 g/mol. The molecule has 23 heavy (non-hydrogen) atoms. The standard InChI is InChI=1S/C20H35NO2/c1-3-4-5-6-7-8-9-10-11-12-13-14-15-16-19(22)17-18(2)20(21)23/h8-9,17H,3-7,10-16H2,1-2H3,(H2,21,23)/b9-8-,18-17-. The predicted molar refractivity (Wildman–Crippen MR) is 98.2 cm³/mol. The van der Waals surface area contributed by atoms with Gasteiger partial charge in [0.1, 0.15) is 0 Å². The minimum Gasteiger partial charge on any atom is -0.366 e. The van der Waals surface area contributed by atoms with E-state index in [0.717, 1.165) is 12.8 Å². The van der Waals surface area contributed by atoms with Crippen molar-refractivity contribution < 1.29 is 9.59 Å². The van der Waals surface area contributed by atoms with Crippen molar-refractivity contribution >= 4 is 11.7 Å². The molecule has 0 aliphatic carbocycles. The van der Waals surface area contributed by atoms with Crippen LogP contribution in [0.3, 0.4) is 0 Å². The molecule has 0 spiro atoms. The molecule has 0 aromatic heterocycles. The van der Waals surface area contributed by atoms with Gasteiger partial charge < -0.3 is 5.73 Å². The monoisotopic (exact) mass is 321 g/mol. The second-order valence-electron chi connectivity index (χ2n) is 6.29. The van der Waals surface area contributed by atoms with Crippen LogP contribution in [0, 0.1) is 0 Å². The van der Waals surface area contributed by atoms with E-state index in [1.54, 1.807) is 6.92 Å². The SMILES string of the molecule is CCCCCC/C=C\CCCCCCCC(=O)/C=C(/C)C(N)=O. The Labute approximate surface area is 142 Å². The van der Waals surface area contributed by atoms with Crippen LogP contribution in [0.1, 0.15) is 90.9 Å². The first-order valence-corrected chi connectivity index (χ1v) is 9.23. The van der Waals surface area contributed by atoms with Crippen LogP contribution in [0.15, 0.2) is 23.8 Å². The largest absolute Gasteiger partial charge is 0.366 e. The van der Waals surface area contributed by atoms with Crippen molar-refractivity contribution in [3.8, 4) is 0 Å². The molecule has 0 fully saturated rings. The Balaban J connectivity index is 3.40. The molecule has 0 aromatic carbocycles. The molecule has 0 heterocycles. The highest BCUT2D eigenvalue weighted by atomic mass is 16.1. The Morgan fingerprint density at radius 3 is 1.91 bits per heavy atom. The Hall–Kier alpha value is -1.38. The number of nitrogens with two attached hydrogens (primary N) is 1. The summed E-state index contributed by atoms with van der Waals surface area (Å²) in [5, 5.41) is 0. The molecule has 3 nitrogen and oxygen atoms in total. The van der Waals surface area contributed by atoms with Gasteiger partial charge in [-0.2, -0.15) is 0 Å². The fourth-order valence-corrected chi connectivity index (χ4v) is 2.40. The van der Waals surface area contributed by atoms with Crippen LogP contribution < -0.4 is 5.73 Å². The van der Waals surface area contributed by atoms with E-state index in [2.05, 4.69) is 19.1 Å². The number of hydrogen-bond donors (Lipinski definition) is 1. The fraction of sp³-hybridized carbons (Fsp3) is 0.700. The minimum absolute atomic E-state index is 0.00677. The molecule has 1 amide bonds. The number of allylic oxidation sites excluding steroid dienone is 3. The summed E-state index contributed by atoms with van der Waals surface area (Å²) >= 11 is 0. The molecule has 3 heteroatoms. The second-order valence-corrected chi connectivity index (χ2v) is 6.29. The van der Waals surface area contributed by atoms with Crippen LogP contribution in [-0.4, -0.2) is 11.7 Å². The number of amides is 1. The van der Waals surface area contributed by atoms with Gasteiger partial charge in [0.15, 0.2) is 5.78 Å². The van der Waals surface area contributed by atoms with E-state index < -0.39 is 5.91 Å². The number of carbonyl (C=O) groups excluding carboxylic acids is 2. The van der Waals surface area contributed by atoms with Gasteiger partial charge in [0.05, 0.1) is 0 Å². The number of primary amides is 1. The maximum absolute atomic E-state index is 11.6. The minimum atomic E-state index is -0.517. The lowest BCUT2D eigenvalue weighted by molar-refractivity contribution is -0.117. The third kappa shape index (κ3) is 15.3. The summed E-state index contributed by atoms with van der Waals surface area (Å²) in [6.45, 7) is 3.82. The first kappa shape index (κ1) is 21.6. The molecule has 0 unspecified atom stereocenters. The molecule has 0 radical (unpaired) electrons. The number of unbranched alkanes of at least 4 members (excludes halogenated alkanes) is 9. The molecular formula is C20H35NO2. The Bertz CT molecular complexity index is 383. The van der Waals surface area contributed by atoms with Crippen molar-refractivity contribution in [1.29, 1.82) is 0 Å². The second kappa shape index (κ2) is 15.5. The van der Waals surface area contributed by atoms with Gasteiger partial charge in [-0.25, -0.2) is 0 Å². The van der Waals surface area contributed by atoms with E-state index in [1.165, 1.54) is 63.9 Å². The lowest BCUT2D eigenvalue weighted by Crippen LogP contribution is -2.12. The lowest BCUT2D eigenvalue weighted by Gasteiger charge is -2.00. The van der Waals surface area contributed by atoms with Crippen molar-refractivity contribution in [2.45, 2.75) is 90.9 Å². The van der Waals surface area contributed by atoms with Crippen LogP contribution in [0.25, 0.3) is 0 Å². The van der Waals surface area contributed by atoms with Gasteiger partial charge in [0.25, 0.3) is 0 Å². The van der Waals surface area contributed by atoms with Crippen LogP contribution in [0.5, 0.6) is 0 Å². The van der Waals surface area contributed by atoms with Crippen molar-refractivity contribution in [3.05, 3.63) is 23.8 Å². The summed E-state index contributed by atoms with van der Waals surface area (Å²) in [6.07, 6.45) is 19.9. The van der Waals surface area contributed by atoms with Crippen LogP contribution in [-0.2, 0) is 9.59 Å². The van der Waals surface area contributed by atoms with Crippen molar-refractivity contribution in [2.24, 2.45) is 5.73 Å². The molecule has 0 saturated carbocycles. The normalized spacial score (nSPS) is 12.0. The molecule has 2 N–H and O–H groups in total. The molecule has 0 aromatic rings. The summed E-state index contributed by atoms with van der Waals surface area (Å²) in [6, 6.07) is 0. The topological polar surface area (TPSA) is 60.2 Å². The van der Waals surface area contributed by atoms with E-state index in [-0.39, 0.29) is 5.78 Å². The van der Waals surface area contributed by atoms with Gasteiger partial charge in [-0.15, -0.1) is 0 Å². The van der Waals surface area contributed by atoms with Crippen molar-refractivity contribution in [1.82, 2.24) is 0 Å². The zero-order valence-corrected chi connectivity index (χ0v) is 15.1. The maximum Gasteiger partial charge on any atom is 0.244 e. The zero-order valence-electron chi connectivity index (χ0n) is 15.1. The van der Waals surface area contributed by atoms with Gasteiger partial charge in [-0.1, -0.05) is 57.6 Å². The highest BCUT2D eigenvalue weighted by molar-refractivity contribution is 6.00. The first-order valence-electron chi connectivity index (χ1n) is 9.23. The number of rotatable bonds is 15. The molecule has 0 aliphatic rings. The van der Waals surface area contributed by atoms with E-state index in [9.17, 15) is 9.59 Å². The average molecular weight is 322 g/mol. The van der Waals surface area contributed by atoms with Gasteiger partial charge in [-0.05, 0) is 45.1 Å². The maximum atomic E-state index is 11.6. The molecule has 0 saturated heterocycles. The third-order valence-electron chi connectivity index (χ3n) is 3.95. The Morgan fingerprint density at radius 1 is 0.826 bits per heavy atom. The Kier molecular flexibility index (Phi) is 14.6. The molecule has 0 aliphatic heterocycles. The number of carbonyl (C=O) groups is 2. The highest BCUT2D eigenvalue weighted by Gasteiger charge is 2.02. The van der Waals surface area contributed by atoms with Gasteiger partial charge in [0, 0.05) is 12.0 Å². The van der Waals surface area contributed by atoms with E-state index in [4.69, 9.17) is 5.73 Å². The van der Waals surface area contributed by atoms with Crippen molar-refractivity contribution in [2.75, 3.05) is 0 Å². The van der Waals surface area contributed by atoms with E-state index >= 15 is 0 Å². The summed E-state index contributed by atoms with van der Waals surface area (Å²) < 4.78 is 0. The highest BCUT2D eigenvalue weighted by Crippen LogP contribution is 2.09. The molecule has 0 bridgehead atoms. The van der Waals surface area contributed by atoms with Crippen LogP contribution in [0.4, 0.5) is 0 Å². The predicted octanol–water partition coefficient (Wildman–Crippen LogP) is 5.24. The van der Waals surface area contributed by atoms with Gasteiger partial charge in [-0.3, -0.25) is 9.59 Å².